The zero-order valence-corrected chi connectivity index (χ0v) is 16.3. The van der Waals surface area contributed by atoms with Crippen molar-refractivity contribution in [1.29, 1.82) is 0 Å². The maximum absolute atomic E-state index is 13.3. The average molecular weight is 368 g/mol. The minimum Gasteiger partial charge on any atom is -0.292 e. The molecule has 136 valence electrons. The molecule has 1 saturated heterocycles. The molecule has 0 bridgehead atoms. The molecule has 2 heterocycles. The van der Waals surface area contributed by atoms with Crippen molar-refractivity contribution in [1.82, 2.24) is 4.90 Å². The Morgan fingerprint density at radius 3 is 2.42 bits per heavy atom. The van der Waals surface area contributed by atoms with E-state index in [1.807, 2.05) is 56.3 Å². The lowest BCUT2D eigenvalue weighted by atomic mass is 9.88. The quantitative estimate of drug-likeness (QED) is 0.651. The molecule has 4 rings (SSSR count). The van der Waals surface area contributed by atoms with E-state index in [1.54, 1.807) is 0 Å². The highest BCUT2D eigenvalue weighted by molar-refractivity contribution is 7.85. The van der Waals surface area contributed by atoms with Gasteiger partial charge in [0.25, 0.3) is 0 Å². The van der Waals surface area contributed by atoms with Gasteiger partial charge in [-0.3, -0.25) is 9.69 Å². The van der Waals surface area contributed by atoms with Gasteiger partial charge in [-0.2, -0.15) is 0 Å². The maximum Gasteiger partial charge on any atom is 0.182 e. The minimum atomic E-state index is -1.16. The number of rotatable bonds is 3. The molecule has 2 aliphatic rings. The Bertz CT molecular complexity index is 881. The zero-order valence-electron chi connectivity index (χ0n) is 15.5. The first-order valence-electron chi connectivity index (χ1n) is 9.41. The van der Waals surface area contributed by atoms with Crippen LogP contribution in [0.25, 0.3) is 0 Å². The van der Waals surface area contributed by atoms with Crippen LogP contribution < -0.4 is 0 Å². The number of hydrogen-bond acceptors (Lipinski definition) is 3. The molecule has 0 N–H and O–H groups in total. The Kier molecular flexibility index (Phi) is 4.57. The van der Waals surface area contributed by atoms with Crippen molar-refractivity contribution in [3.05, 3.63) is 59.2 Å². The molecule has 26 heavy (non-hydrogen) atoms. The molecule has 0 aliphatic carbocycles. The molecular weight excluding hydrogens is 342 g/mol. The third kappa shape index (κ3) is 2.95. The van der Waals surface area contributed by atoms with Crippen LogP contribution >= 0.6 is 0 Å². The highest BCUT2D eigenvalue weighted by atomic mass is 32.2. The Hall–Kier alpha value is -1.78. The number of fused-ring (bicyclic) bond motifs is 2. The Morgan fingerprint density at radius 2 is 1.65 bits per heavy atom. The van der Waals surface area contributed by atoms with Crippen LogP contribution in [0.15, 0.2) is 52.3 Å². The lowest BCUT2D eigenvalue weighted by Gasteiger charge is -2.39. The van der Waals surface area contributed by atoms with Gasteiger partial charge < -0.3 is 0 Å². The third-order valence-electron chi connectivity index (χ3n) is 5.78. The fourth-order valence-electron chi connectivity index (χ4n) is 4.14. The van der Waals surface area contributed by atoms with E-state index in [0.717, 1.165) is 58.8 Å². The Labute approximate surface area is 157 Å². The van der Waals surface area contributed by atoms with E-state index in [4.69, 9.17) is 0 Å². The largest absolute Gasteiger partial charge is 0.292 e. The predicted octanol–water partition coefficient (Wildman–Crippen LogP) is 4.20. The summed E-state index contributed by atoms with van der Waals surface area (Å²) >= 11 is 0. The molecule has 4 heteroatoms. The number of hydrogen-bond donors (Lipinski definition) is 0. The molecule has 1 fully saturated rings. The summed E-state index contributed by atoms with van der Waals surface area (Å²) in [4.78, 5) is 17.3. The molecule has 0 aromatic heterocycles. The van der Waals surface area contributed by atoms with Gasteiger partial charge in [0.2, 0.25) is 0 Å². The van der Waals surface area contributed by atoms with Crippen molar-refractivity contribution in [3.63, 3.8) is 0 Å². The molecule has 2 aromatic carbocycles. The van der Waals surface area contributed by atoms with Crippen molar-refractivity contribution in [2.75, 3.05) is 13.1 Å². The molecule has 2 aliphatic heterocycles. The highest BCUT2D eigenvalue weighted by Gasteiger charge is 2.36. The number of nitrogens with zero attached hydrogens (tertiary/aromatic N) is 1. The summed E-state index contributed by atoms with van der Waals surface area (Å²) in [6.07, 6.45) is 4.32. The maximum atomic E-state index is 13.3. The monoisotopic (exact) mass is 367 g/mol. The number of carbonyl (C=O) groups excluding carboxylic acids is 1. The summed E-state index contributed by atoms with van der Waals surface area (Å²) in [5, 5.41) is 0. The molecule has 0 spiro atoms. The van der Waals surface area contributed by atoms with Gasteiger partial charge in [0.15, 0.2) is 5.78 Å². The fraction of sp³-hybridized carbons (Fsp3) is 0.409. The third-order valence-corrected chi connectivity index (χ3v) is 7.37. The van der Waals surface area contributed by atoms with E-state index >= 15 is 0 Å². The van der Waals surface area contributed by atoms with Gasteiger partial charge in [-0.05, 0) is 75.5 Å². The van der Waals surface area contributed by atoms with Gasteiger partial charge in [0.05, 0.1) is 16.3 Å². The summed E-state index contributed by atoms with van der Waals surface area (Å²) in [5.41, 5.74) is 2.34. The standard InChI is InChI=1S/C22H25NO2S/c1-22(2,23-12-6-3-7-13-23)21(24)17-10-11-20-18(15-17)14-16-8-4-5-9-19(16)26(20)25/h4-5,8-11,15H,3,6-7,12-14H2,1-2H3. The van der Waals surface area contributed by atoms with Gasteiger partial charge >= 0.3 is 0 Å². The fourth-order valence-corrected chi connectivity index (χ4v) is 5.52. The molecule has 0 saturated carbocycles. The molecule has 1 atom stereocenters. The van der Waals surface area contributed by atoms with Gasteiger partial charge in [-0.15, -0.1) is 0 Å². The number of Topliss-reactive ketones (excluding diaryl/α,β-unsaturated/α-hetero) is 1. The van der Waals surface area contributed by atoms with Crippen LogP contribution in [0.1, 0.15) is 54.6 Å². The van der Waals surface area contributed by atoms with E-state index in [0.29, 0.717) is 0 Å². The summed E-state index contributed by atoms with van der Waals surface area (Å²) < 4.78 is 12.9. The first-order valence-corrected chi connectivity index (χ1v) is 10.6. The van der Waals surface area contributed by atoms with E-state index in [1.165, 1.54) is 6.42 Å². The minimum absolute atomic E-state index is 0.159. The molecular formula is C22H25NO2S. The van der Waals surface area contributed by atoms with Crippen LogP contribution in [0.5, 0.6) is 0 Å². The van der Waals surface area contributed by atoms with Crippen molar-refractivity contribution in [2.45, 2.75) is 54.9 Å². The number of benzene rings is 2. The van der Waals surface area contributed by atoms with Gasteiger partial charge in [0.1, 0.15) is 0 Å². The summed E-state index contributed by atoms with van der Waals surface area (Å²) in [5.74, 6) is 0.159. The lowest BCUT2D eigenvalue weighted by Crippen LogP contribution is -2.52. The zero-order chi connectivity index (χ0) is 18.3. The van der Waals surface area contributed by atoms with Crippen LogP contribution in [0.4, 0.5) is 0 Å². The van der Waals surface area contributed by atoms with Crippen molar-refractivity contribution in [3.8, 4) is 0 Å². The predicted molar refractivity (Wildman–Crippen MR) is 104 cm³/mol. The molecule has 3 nitrogen and oxygen atoms in total. The SMILES string of the molecule is CC(C)(C(=O)c1ccc2c(c1)Cc1ccccc1S2=O)N1CCCCC1. The number of ketones is 1. The topological polar surface area (TPSA) is 37.4 Å². The van der Waals surface area contributed by atoms with Crippen molar-refractivity contribution >= 4 is 16.6 Å². The highest BCUT2D eigenvalue weighted by Crippen LogP contribution is 2.33. The number of likely N-dealkylation sites (tertiary alicyclic amines) is 1. The molecule has 0 amide bonds. The van der Waals surface area contributed by atoms with E-state index < -0.39 is 16.3 Å². The smallest absolute Gasteiger partial charge is 0.182 e. The van der Waals surface area contributed by atoms with E-state index in [-0.39, 0.29) is 5.78 Å². The molecule has 0 radical (unpaired) electrons. The van der Waals surface area contributed by atoms with E-state index in [2.05, 4.69) is 4.90 Å². The first-order chi connectivity index (χ1) is 12.5. The Balaban J connectivity index is 1.66. The van der Waals surface area contributed by atoms with Crippen LogP contribution in [0.2, 0.25) is 0 Å². The second kappa shape index (κ2) is 6.75. The van der Waals surface area contributed by atoms with Gasteiger partial charge in [-0.1, -0.05) is 30.7 Å². The second-order valence-electron chi connectivity index (χ2n) is 7.81. The van der Waals surface area contributed by atoms with Crippen LogP contribution in [-0.2, 0) is 17.2 Å². The van der Waals surface area contributed by atoms with Gasteiger partial charge in [0, 0.05) is 15.4 Å². The summed E-state index contributed by atoms with van der Waals surface area (Å²) in [6.45, 7) is 6.04. The van der Waals surface area contributed by atoms with E-state index in [9.17, 15) is 9.00 Å². The first kappa shape index (κ1) is 17.6. The normalized spacial score (nSPS) is 20.3. The van der Waals surface area contributed by atoms with Crippen molar-refractivity contribution < 1.29 is 9.00 Å². The average Bonchev–Trinajstić information content (AvgIpc) is 2.68. The Morgan fingerprint density at radius 1 is 0.962 bits per heavy atom. The number of carbonyl (C=O) groups is 1. The van der Waals surface area contributed by atoms with Crippen LogP contribution in [0, 0.1) is 0 Å². The van der Waals surface area contributed by atoms with Gasteiger partial charge in [-0.25, -0.2) is 4.21 Å². The van der Waals surface area contributed by atoms with Crippen LogP contribution in [0.3, 0.4) is 0 Å². The molecule has 2 aromatic rings. The second-order valence-corrected chi connectivity index (χ2v) is 9.23. The van der Waals surface area contributed by atoms with Crippen molar-refractivity contribution in [2.24, 2.45) is 0 Å². The summed E-state index contributed by atoms with van der Waals surface area (Å²) in [7, 11) is -1.16. The molecule has 1 unspecified atom stereocenters. The summed E-state index contributed by atoms with van der Waals surface area (Å²) in [6, 6.07) is 13.6. The van der Waals surface area contributed by atoms with Crippen LogP contribution in [-0.4, -0.2) is 33.5 Å². The number of piperidine rings is 1. The lowest BCUT2D eigenvalue weighted by molar-refractivity contribution is 0.0579.